The number of thioether (sulfide) groups is 1. The quantitative estimate of drug-likeness (QED) is 0.422. The average molecular weight is 546 g/mol. The van der Waals surface area contributed by atoms with Gasteiger partial charge in [-0.1, -0.05) is 57.3 Å². The highest BCUT2D eigenvalue weighted by Crippen LogP contribution is 2.27. The fourth-order valence-corrected chi connectivity index (χ4v) is 4.48. The molecule has 0 bridgehead atoms. The molecule has 0 spiro atoms. The SMILES string of the molecule is C[C@@H](C(=O)NC(C)(C)C)N(Cc1c(Cl)cccc1Cl)C(=O)CSCc1ccc(Br)cc1. The van der Waals surface area contributed by atoms with Gasteiger partial charge in [0.1, 0.15) is 6.04 Å². The molecule has 0 heterocycles. The number of carbonyl (C=O) groups excluding carboxylic acids is 2. The van der Waals surface area contributed by atoms with Crippen LogP contribution in [-0.2, 0) is 21.9 Å². The molecule has 1 atom stereocenters. The number of nitrogens with zero attached hydrogens (tertiary/aromatic N) is 1. The lowest BCUT2D eigenvalue weighted by molar-refractivity contribution is -0.139. The minimum atomic E-state index is -0.674. The van der Waals surface area contributed by atoms with Gasteiger partial charge in [-0.05, 0) is 57.5 Å². The number of halogens is 3. The van der Waals surface area contributed by atoms with Crippen LogP contribution in [0, 0.1) is 0 Å². The predicted octanol–water partition coefficient (Wildman–Crippen LogP) is 6.32. The molecule has 0 aliphatic carbocycles. The summed E-state index contributed by atoms with van der Waals surface area (Å²) in [5, 5.41) is 3.88. The second-order valence-corrected chi connectivity index (χ2v) is 11.0. The molecule has 8 heteroatoms. The normalized spacial score (nSPS) is 12.4. The molecule has 0 aliphatic heterocycles. The van der Waals surface area contributed by atoms with E-state index in [1.807, 2.05) is 45.0 Å². The monoisotopic (exact) mass is 544 g/mol. The minimum absolute atomic E-state index is 0.144. The predicted molar refractivity (Wildman–Crippen MR) is 135 cm³/mol. The fraction of sp³-hybridized carbons (Fsp3) is 0.391. The molecule has 0 aromatic heterocycles. The number of hydrogen-bond acceptors (Lipinski definition) is 3. The average Bonchev–Trinajstić information content (AvgIpc) is 2.67. The van der Waals surface area contributed by atoms with Crippen LogP contribution in [0.1, 0.15) is 38.8 Å². The summed E-state index contributed by atoms with van der Waals surface area (Å²) in [6, 6.07) is 12.5. The first-order chi connectivity index (χ1) is 14.5. The third kappa shape index (κ3) is 8.33. The van der Waals surface area contributed by atoms with Crippen molar-refractivity contribution in [1.82, 2.24) is 10.2 Å². The van der Waals surface area contributed by atoms with Crippen molar-refractivity contribution in [3.8, 4) is 0 Å². The van der Waals surface area contributed by atoms with Gasteiger partial charge in [0.25, 0.3) is 0 Å². The summed E-state index contributed by atoms with van der Waals surface area (Å²) < 4.78 is 1.01. The van der Waals surface area contributed by atoms with Crippen LogP contribution in [0.4, 0.5) is 0 Å². The molecule has 2 aromatic carbocycles. The van der Waals surface area contributed by atoms with E-state index >= 15 is 0 Å². The summed E-state index contributed by atoms with van der Waals surface area (Å²) in [5.74, 6) is 0.574. The lowest BCUT2D eigenvalue weighted by Gasteiger charge is -2.32. The summed E-state index contributed by atoms with van der Waals surface area (Å²) in [4.78, 5) is 27.5. The summed E-state index contributed by atoms with van der Waals surface area (Å²) in [6.07, 6.45) is 0. The Balaban J connectivity index is 2.16. The van der Waals surface area contributed by atoms with Crippen LogP contribution in [0.3, 0.4) is 0 Å². The van der Waals surface area contributed by atoms with Crippen LogP contribution in [0.15, 0.2) is 46.9 Å². The zero-order valence-corrected chi connectivity index (χ0v) is 22.0. The molecule has 168 valence electrons. The molecule has 31 heavy (non-hydrogen) atoms. The molecular weight excluding hydrogens is 519 g/mol. The maximum absolute atomic E-state index is 13.2. The van der Waals surface area contributed by atoms with E-state index in [0.717, 1.165) is 10.0 Å². The highest BCUT2D eigenvalue weighted by molar-refractivity contribution is 9.10. The Hall–Kier alpha value is -1.21. The van der Waals surface area contributed by atoms with Gasteiger partial charge in [0.15, 0.2) is 0 Å². The summed E-state index contributed by atoms with van der Waals surface area (Å²) >= 11 is 17.6. The summed E-state index contributed by atoms with van der Waals surface area (Å²) in [6.45, 7) is 7.60. The van der Waals surface area contributed by atoms with E-state index in [2.05, 4.69) is 21.2 Å². The third-order valence-electron chi connectivity index (χ3n) is 4.46. The Labute approximate surface area is 207 Å². The van der Waals surface area contributed by atoms with E-state index in [1.165, 1.54) is 11.8 Å². The third-order valence-corrected chi connectivity index (χ3v) is 6.69. The first-order valence-corrected chi connectivity index (χ1v) is 12.5. The van der Waals surface area contributed by atoms with E-state index in [1.54, 1.807) is 30.0 Å². The van der Waals surface area contributed by atoms with Gasteiger partial charge >= 0.3 is 0 Å². The van der Waals surface area contributed by atoms with Crippen molar-refractivity contribution in [1.29, 1.82) is 0 Å². The molecule has 0 fully saturated rings. The van der Waals surface area contributed by atoms with Gasteiger partial charge in [-0.15, -0.1) is 11.8 Å². The van der Waals surface area contributed by atoms with Gasteiger partial charge in [-0.3, -0.25) is 9.59 Å². The Morgan fingerprint density at radius 2 is 1.68 bits per heavy atom. The van der Waals surface area contributed by atoms with Crippen LogP contribution < -0.4 is 5.32 Å². The van der Waals surface area contributed by atoms with Gasteiger partial charge in [0.2, 0.25) is 11.8 Å². The summed E-state index contributed by atoms with van der Waals surface area (Å²) in [5.41, 5.74) is 1.35. The van der Waals surface area contributed by atoms with Crippen molar-refractivity contribution in [2.45, 2.75) is 51.6 Å². The minimum Gasteiger partial charge on any atom is -0.350 e. The largest absolute Gasteiger partial charge is 0.350 e. The first-order valence-electron chi connectivity index (χ1n) is 9.84. The Bertz CT molecular complexity index is 897. The topological polar surface area (TPSA) is 49.4 Å². The van der Waals surface area contributed by atoms with Crippen LogP contribution in [-0.4, -0.2) is 34.0 Å². The van der Waals surface area contributed by atoms with Crippen molar-refractivity contribution in [3.05, 3.63) is 68.1 Å². The molecule has 0 saturated heterocycles. The standard InChI is InChI=1S/C23H27BrCl2N2O2S/c1-15(22(30)27-23(2,3)4)28(12-18-19(25)6-5-7-20(18)26)21(29)14-31-13-16-8-10-17(24)11-9-16/h5-11,15H,12-14H2,1-4H3,(H,27,30)/t15-/m0/s1. The Morgan fingerprint density at radius 3 is 2.23 bits per heavy atom. The van der Waals surface area contributed by atoms with Crippen molar-refractivity contribution in [2.75, 3.05) is 5.75 Å². The van der Waals surface area contributed by atoms with Gasteiger partial charge in [-0.2, -0.15) is 0 Å². The van der Waals surface area contributed by atoms with E-state index in [0.29, 0.717) is 21.4 Å². The molecule has 0 saturated carbocycles. The fourth-order valence-electron chi connectivity index (χ4n) is 2.83. The van der Waals surface area contributed by atoms with E-state index in [-0.39, 0.29) is 24.1 Å². The molecule has 2 amide bonds. The van der Waals surface area contributed by atoms with Crippen molar-refractivity contribution < 1.29 is 9.59 Å². The molecule has 0 unspecified atom stereocenters. The Morgan fingerprint density at radius 1 is 1.10 bits per heavy atom. The zero-order chi connectivity index (χ0) is 23.2. The van der Waals surface area contributed by atoms with Crippen LogP contribution in [0.2, 0.25) is 10.0 Å². The number of rotatable bonds is 8. The highest BCUT2D eigenvalue weighted by Gasteiger charge is 2.29. The lowest BCUT2D eigenvalue weighted by atomic mass is 10.1. The summed E-state index contributed by atoms with van der Waals surface area (Å²) in [7, 11) is 0. The van der Waals surface area contributed by atoms with Gasteiger partial charge in [-0.25, -0.2) is 0 Å². The smallest absolute Gasteiger partial charge is 0.242 e. The molecule has 1 N–H and O–H groups in total. The first kappa shape index (κ1) is 26.0. The zero-order valence-electron chi connectivity index (χ0n) is 18.0. The van der Waals surface area contributed by atoms with Crippen molar-refractivity contribution in [2.24, 2.45) is 0 Å². The van der Waals surface area contributed by atoms with Gasteiger partial charge in [0, 0.05) is 37.9 Å². The van der Waals surface area contributed by atoms with Crippen molar-refractivity contribution >= 4 is 62.7 Å². The highest BCUT2D eigenvalue weighted by atomic mass is 79.9. The molecular formula is C23H27BrCl2N2O2S. The van der Waals surface area contributed by atoms with Crippen LogP contribution in [0.5, 0.6) is 0 Å². The van der Waals surface area contributed by atoms with E-state index in [9.17, 15) is 9.59 Å². The van der Waals surface area contributed by atoms with E-state index in [4.69, 9.17) is 23.2 Å². The van der Waals surface area contributed by atoms with Gasteiger partial charge in [0.05, 0.1) is 5.75 Å². The van der Waals surface area contributed by atoms with Crippen LogP contribution >= 0.6 is 50.9 Å². The second kappa shape index (κ2) is 11.6. The molecule has 0 radical (unpaired) electrons. The Kier molecular flexibility index (Phi) is 9.74. The number of carbonyl (C=O) groups is 2. The maximum atomic E-state index is 13.2. The number of nitrogens with one attached hydrogen (secondary N) is 1. The lowest BCUT2D eigenvalue weighted by Crippen LogP contribution is -2.52. The van der Waals surface area contributed by atoms with E-state index < -0.39 is 11.6 Å². The number of benzene rings is 2. The van der Waals surface area contributed by atoms with Crippen LogP contribution in [0.25, 0.3) is 0 Å². The maximum Gasteiger partial charge on any atom is 0.242 e. The molecule has 4 nitrogen and oxygen atoms in total. The second-order valence-electron chi connectivity index (χ2n) is 8.26. The van der Waals surface area contributed by atoms with Crippen molar-refractivity contribution in [3.63, 3.8) is 0 Å². The molecule has 0 aliphatic rings. The number of hydrogen-bond donors (Lipinski definition) is 1. The number of amides is 2. The molecule has 2 rings (SSSR count). The molecule has 2 aromatic rings. The van der Waals surface area contributed by atoms with Gasteiger partial charge < -0.3 is 10.2 Å².